The van der Waals surface area contributed by atoms with E-state index in [1.54, 1.807) is 4.68 Å². The second kappa shape index (κ2) is 4.02. The summed E-state index contributed by atoms with van der Waals surface area (Å²) >= 11 is 0. The van der Waals surface area contributed by atoms with Crippen LogP contribution >= 0.6 is 0 Å². The molecule has 0 amide bonds. The molecule has 1 heterocycles. The number of aromatic nitrogens is 3. The van der Waals surface area contributed by atoms with Crippen molar-refractivity contribution in [1.82, 2.24) is 15.0 Å². The van der Waals surface area contributed by atoms with Crippen molar-refractivity contribution >= 4 is 0 Å². The predicted molar refractivity (Wildman–Crippen MR) is 51.4 cm³/mol. The summed E-state index contributed by atoms with van der Waals surface area (Å²) in [6, 6.07) is 9.76. The molecule has 1 aromatic heterocycles. The molecule has 0 unspecified atom stereocenters. The molecule has 2 aromatic rings. The lowest BCUT2D eigenvalue weighted by atomic mass is 10.2. The summed E-state index contributed by atoms with van der Waals surface area (Å²) in [6.45, 7) is 0.498. The van der Waals surface area contributed by atoms with Gasteiger partial charge in [0.05, 0.1) is 18.8 Å². The van der Waals surface area contributed by atoms with Gasteiger partial charge in [-0.3, -0.25) is 0 Å². The molecule has 1 N–H and O–H groups in total. The second-order valence-corrected chi connectivity index (χ2v) is 2.86. The maximum absolute atomic E-state index is 8.81. The van der Waals surface area contributed by atoms with Gasteiger partial charge in [-0.25, -0.2) is 4.68 Å². The van der Waals surface area contributed by atoms with Gasteiger partial charge in [-0.1, -0.05) is 35.5 Å². The van der Waals surface area contributed by atoms with Crippen LogP contribution in [0.2, 0.25) is 0 Å². The fraction of sp³-hybridized carbons (Fsp3) is 0.200. The van der Waals surface area contributed by atoms with Gasteiger partial charge in [0.1, 0.15) is 6.20 Å². The standard InChI is InChI=1S/C10H10N3O/c14-7-6-13-10(8-11-12-13)9-4-2-1-3-5-9/h1-5,14H,6-7H2. The number of rotatable bonds is 3. The van der Waals surface area contributed by atoms with Crippen LogP contribution in [0.25, 0.3) is 11.3 Å². The molecule has 0 aliphatic carbocycles. The Bertz CT molecular complexity index is 397. The van der Waals surface area contributed by atoms with Gasteiger partial charge < -0.3 is 5.11 Å². The van der Waals surface area contributed by atoms with Gasteiger partial charge >= 0.3 is 0 Å². The summed E-state index contributed by atoms with van der Waals surface area (Å²) in [6.07, 6.45) is 2.80. The quantitative estimate of drug-likeness (QED) is 0.772. The Morgan fingerprint density at radius 3 is 2.79 bits per heavy atom. The van der Waals surface area contributed by atoms with Crippen LogP contribution in [0.1, 0.15) is 0 Å². The lowest BCUT2D eigenvalue weighted by molar-refractivity contribution is 0.269. The summed E-state index contributed by atoms with van der Waals surface area (Å²) in [5.41, 5.74) is 1.81. The zero-order valence-electron chi connectivity index (χ0n) is 7.59. The first kappa shape index (κ1) is 8.90. The van der Waals surface area contributed by atoms with Gasteiger partial charge in [-0.15, -0.1) is 5.10 Å². The van der Waals surface area contributed by atoms with Crippen molar-refractivity contribution in [1.29, 1.82) is 0 Å². The van der Waals surface area contributed by atoms with E-state index in [4.69, 9.17) is 5.11 Å². The molecule has 1 radical (unpaired) electrons. The normalized spacial score (nSPS) is 10.4. The predicted octanol–water partition coefficient (Wildman–Crippen LogP) is 0.738. The summed E-state index contributed by atoms with van der Waals surface area (Å²) in [7, 11) is 0. The second-order valence-electron chi connectivity index (χ2n) is 2.86. The van der Waals surface area contributed by atoms with E-state index >= 15 is 0 Å². The zero-order valence-corrected chi connectivity index (χ0v) is 7.59. The van der Waals surface area contributed by atoms with Crippen molar-refractivity contribution in [2.75, 3.05) is 6.61 Å². The van der Waals surface area contributed by atoms with Gasteiger partial charge in [0.2, 0.25) is 0 Å². The van der Waals surface area contributed by atoms with Gasteiger partial charge in [0.25, 0.3) is 0 Å². The maximum Gasteiger partial charge on any atom is 0.143 e. The average Bonchev–Trinajstić information content (AvgIpc) is 2.68. The summed E-state index contributed by atoms with van der Waals surface area (Å²) in [5.74, 6) is 0. The number of aliphatic hydroxyl groups is 1. The first-order valence-electron chi connectivity index (χ1n) is 4.39. The van der Waals surface area contributed by atoms with Crippen molar-refractivity contribution < 1.29 is 5.11 Å². The van der Waals surface area contributed by atoms with Crippen molar-refractivity contribution in [2.45, 2.75) is 6.54 Å². The minimum atomic E-state index is 0.0526. The summed E-state index contributed by atoms with van der Waals surface area (Å²) in [4.78, 5) is 0. The van der Waals surface area contributed by atoms with Crippen molar-refractivity contribution in [3.63, 3.8) is 0 Å². The molecule has 0 fully saturated rings. The fourth-order valence-electron chi connectivity index (χ4n) is 1.29. The van der Waals surface area contributed by atoms with Crippen LogP contribution in [0.15, 0.2) is 30.3 Å². The van der Waals surface area contributed by atoms with Gasteiger partial charge in [-0.2, -0.15) is 0 Å². The molecule has 71 valence electrons. The number of hydrogen-bond acceptors (Lipinski definition) is 3. The monoisotopic (exact) mass is 188 g/mol. The largest absolute Gasteiger partial charge is 0.394 e. The molecule has 2 rings (SSSR count). The Balaban J connectivity index is 2.37. The number of aliphatic hydroxyl groups excluding tert-OH is 1. The van der Waals surface area contributed by atoms with Crippen LogP contribution in [0.3, 0.4) is 0 Å². The fourth-order valence-corrected chi connectivity index (χ4v) is 1.29. The molecule has 0 bridgehead atoms. The number of hydrogen-bond donors (Lipinski definition) is 1. The molecule has 0 atom stereocenters. The van der Waals surface area contributed by atoms with Gasteiger partial charge in [0, 0.05) is 5.56 Å². The van der Waals surface area contributed by atoms with Crippen LogP contribution in [-0.4, -0.2) is 26.7 Å². The van der Waals surface area contributed by atoms with Crippen molar-refractivity contribution in [3.05, 3.63) is 36.5 Å². The molecule has 4 nitrogen and oxygen atoms in total. The van der Waals surface area contributed by atoms with Crippen LogP contribution < -0.4 is 0 Å². The van der Waals surface area contributed by atoms with Crippen LogP contribution in [0, 0.1) is 6.20 Å². The molecule has 0 saturated carbocycles. The average molecular weight is 188 g/mol. The molecule has 1 aromatic carbocycles. The Labute approximate surface area is 81.8 Å². The number of benzene rings is 1. The Hall–Kier alpha value is -1.68. The van der Waals surface area contributed by atoms with Gasteiger partial charge in [-0.05, 0) is 0 Å². The van der Waals surface area contributed by atoms with Crippen molar-refractivity contribution in [3.8, 4) is 11.3 Å². The summed E-state index contributed by atoms with van der Waals surface area (Å²) < 4.78 is 1.63. The van der Waals surface area contributed by atoms with E-state index in [1.165, 1.54) is 0 Å². The SMILES string of the molecule is OCCn1nn[c]c1-c1ccccc1. The third-order valence-electron chi connectivity index (χ3n) is 1.93. The Morgan fingerprint density at radius 2 is 2.07 bits per heavy atom. The van der Waals surface area contributed by atoms with Gasteiger partial charge in [0.15, 0.2) is 0 Å². The Morgan fingerprint density at radius 1 is 1.29 bits per heavy atom. The molecule has 0 spiro atoms. The molecular weight excluding hydrogens is 178 g/mol. The zero-order chi connectivity index (χ0) is 9.80. The van der Waals surface area contributed by atoms with E-state index in [-0.39, 0.29) is 6.61 Å². The highest BCUT2D eigenvalue weighted by atomic mass is 16.3. The first-order valence-corrected chi connectivity index (χ1v) is 4.39. The topological polar surface area (TPSA) is 50.9 Å². The highest BCUT2D eigenvalue weighted by molar-refractivity contribution is 5.57. The van der Waals surface area contributed by atoms with Crippen LogP contribution in [-0.2, 0) is 6.54 Å². The van der Waals surface area contributed by atoms with E-state index < -0.39 is 0 Å². The van der Waals surface area contributed by atoms with E-state index in [1.807, 2.05) is 30.3 Å². The Kier molecular flexibility index (Phi) is 2.55. The van der Waals surface area contributed by atoms with Crippen molar-refractivity contribution in [2.24, 2.45) is 0 Å². The molecular formula is C10H10N3O. The number of nitrogens with zero attached hydrogens (tertiary/aromatic N) is 3. The van der Waals surface area contributed by atoms with E-state index in [0.717, 1.165) is 11.3 Å². The molecule has 14 heavy (non-hydrogen) atoms. The maximum atomic E-state index is 8.81. The lowest BCUT2D eigenvalue weighted by Crippen LogP contribution is -2.05. The van der Waals surface area contributed by atoms with Crippen LogP contribution in [0.5, 0.6) is 0 Å². The minimum Gasteiger partial charge on any atom is -0.394 e. The smallest absolute Gasteiger partial charge is 0.143 e. The molecule has 0 saturated heterocycles. The van der Waals surface area contributed by atoms with E-state index in [9.17, 15) is 0 Å². The molecule has 0 aliphatic heterocycles. The molecule has 0 aliphatic rings. The van der Waals surface area contributed by atoms with E-state index in [2.05, 4.69) is 16.5 Å². The van der Waals surface area contributed by atoms with Crippen LogP contribution in [0.4, 0.5) is 0 Å². The van der Waals surface area contributed by atoms with E-state index in [0.29, 0.717) is 6.54 Å². The minimum absolute atomic E-state index is 0.0526. The third-order valence-corrected chi connectivity index (χ3v) is 1.93. The highest BCUT2D eigenvalue weighted by Gasteiger charge is 2.05. The lowest BCUT2D eigenvalue weighted by Gasteiger charge is -2.02. The molecule has 4 heteroatoms. The highest BCUT2D eigenvalue weighted by Crippen LogP contribution is 2.15. The third kappa shape index (κ3) is 1.65. The first-order chi connectivity index (χ1) is 6.92. The summed E-state index contributed by atoms with van der Waals surface area (Å²) in [5, 5.41) is 16.3.